The van der Waals surface area contributed by atoms with Gasteiger partial charge in [0.25, 0.3) is 0 Å². The van der Waals surface area contributed by atoms with Crippen molar-refractivity contribution in [2.45, 2.75) is 81.4 Å². The van der Waals surface area contributed by atoms with Crippen molar-refractivity contribution in [1.82, 2.24) is 9.97 Å². The van der Waals surface area contributed by atoms with Gasteiger partial charge in [-0.2, -0.15) is 0 Å². The molecule has 1 aromatic heterocycles. The summed E-state index contributed by atoms with van der Waals surface area (Å²) < 4.78 is 5.96. The molecule has 134 valence electrons. The lowest BCUT2D eigenvalue weighted by atomic mass is 9.87. The monoisotopic (exact) mass is 357 g/mol. The summed E-state index contributed by atoms with van der Waals surface area (Å²) in [7, 11) is 0. The summed E-state index contributed by atoms with van der Waals surface area (Å²) in [5.41, 5.74) is 5.69. The number of aliphatic imine (C=N–C) groups is 1. The van der Waals surface area contributed by atoms with Crippen LogP contribution in [0.3, 0.4) is 0 Å². The van der Waals surface area contributed by atoms with E-state index >= 15 is 0 Å². The lowest BCUT2D eigenvalue weighted by Crippen LogP contribution is -2.21. The van der Waals surface area contributed by atoms with Gasteiger partial charge in [0.2, 0.25) is 5.88 Å². The molecule has 1 aromatic rings. The summed E-state index contributed by atoms with van der Waals surface area (Å²) in [6.07, 6.45) is 11.1. The third kappa shape index (κ3) is 3.12. The van der Waals surface area contributed by atoms with Gasteiger partial charge in [0.15, 0.2) is 0 Å². The number of allylic oxidation sites excluding steroid dienone is 1. The SMILES string of the molecule is CCCCOc1ncnc2c1S[C@H]1N=C(CCCC)C3=C(CCC3)[C@H]21. The van der Waals surface area contributed by atoms with Gasteiger partial charge in [-0.3, -0.25) is 4.99 Å². The maximum Gasteiger partial charge on any atom is 0.230 e. The average molecular weight is 358 g/mol. The van der Waals surface area contributed by atoms with Gasteiger partial charge in [-0.1, -0.05) is 44.0 Å². The van der Waals surface area contributed by atoms with Crippen LogP contribution in [-0.4, -0.2) is 27.7 Å². The fourth-order valence-electron chi connectivity index (χ4n) is 4.11. The molecule has 1 aliphatic carbocycles. The Morgan fingerprint density at radius 1 is 1.16 bits per heavy atom. The van der Waals surface area contributed by atoms with Crippen LogP contribution in [-0.2, 0) is 0 Å². The molecule has 3 aliphatic rings. The first-order chi connectivity index (χ1) is 12.3. The number of nitrogens with zero attached hydrogens (tertiary/aromatic N) is 3. The number of dihydropyridines is 1. The van der Waals surface area contributed by atoms with Gasteiger partial charge in [-0.25, -0.2) is 9.97 Å². The second kappa shape index (κ2) is 7.48. The van der Waals surface area contributed by atoms with Gasteiger partial charge in [-0.15, -0.1) is 0 Å². The number of fused-ring (bicyclic) bond motifs is 4. The summed E-state index contributed by atoms with van der Waals surface area (Å²) in [5, 5.41) is 0.240. The van der Waals surface area contributed by atoms with E-state index in [9.17, 15) is 0 Å². The summed E-state index contributed by atoms with van der Waals surface area (Å²) in [5.74, 6) is 1.11. The second-order valence-corrected chi connectivity index (χ2v) is 8.24. The topological polar surface area (TPSA) is 47.4 Å². The molecule has 0 aromatic carbocycles. The smallest absolute Gasteiger partial charge is 0.230 e. The van der Waals surface area contributed by atoms with Crippen LogP contribution >= 0.6 is 11.8 Å². The largest absolute Gasteiger partial charge is 0.477 e. The molecular weight excluding hydrogens is 330 g/mol. The molecule has 2 aliphatic heterocycles. The first kappa shape index (κ1) is 17.1. The summed E-state index contributed by atoms with van der Waals surface area (Å²) in [6.45, 7) is 5.17. The van der Waals surface area contributed by atoms with Crippen LogP contribution in [0.25, 0.3) is 0 Å². The Balaban J connectivity index is 1.65. The van der Waals surface area contributed by atoms with Gasteiger partial charge < -0.3 is 4.74 Å². The summed E-state index contributed by atoms with van der Waals surface area (Å²) in [6, 6.07) is 0. The van der Waals surface area contributed by atoms with Crippen LogP contribution in [0.2, 0.25) is 0 Å². The van der Waals surface area contributed by atoms with Crippen molar-refractivity contribution in [3.8, 4) is 5.88 Å². The van der Waals surface area contributed by atoms with Crippen molar-refractivity contribution in [3.05, 3.63) is 23.2 Å². The Kier molecular flexibility index (Phi) is 5.11. The maximum atomic E-state index is 5.96. The van der Waals surface area contributed by atoms with Crippen molar-refractivity contribution in [3.63, 3.8) is 0 Å². The Morgan fingerprint density at radius 2 is 2.04 bits per heavy atom. The lowest BCUT2D eigenvalue weighted by Gasteiger charge is -2.26. The number of rotatable bonds is 7. The van der Waals surface area contributed by atoms with Crippen molar-refractivity contribution in [2.75, 3.05) is 6.61 Å². The standard InChI is InChI=1S/C20H27N3OS/c1-3-5-10-15-13-8-7-9-14(13)16-17-18(25-20(16)23-15)19(22-12-21-17)24-11-6-4-2/h12,16,20H,3-11H2,1-2H3/t16-,20-/m1/s1. The zero-order valence-electron chi connectivity index (χ0n) is 15.3. The minimum Gasteiger partial charge on any atom is -0.477 e. The van der Waals surface area contributed by atoms with E-state index in [1.165, 1.54) is 37.8 Å². The number of hydrogen-bond acceptors (Lipinski definition) is 5. The third-order valence-electron chi connectivity index (χ3n) is 5.39. The highest BCUT2D eigenvalue weighted by Crippen LogP contribution is 2.56. The molecule has 0 amide bonds. The van der Waals surface area contributed by atoms with Crippen LogP contribution in [0.4, 0.5) is 0 Å². The predicted octanol–water partition coefficient (Wildman–Crippen LogP) is 5.30. The Labute approximate surface area is 154 Å². The zero-order valence-corrected chi connectivity index (χ0v) is 16.1. The van der Waals surface area contributed by atoms with E-state index in [4.69, 9.17) is 9.73 Å². The fraction of sp³-hybridized carbons (Fsp3) is 0.650. The fourth-order valence-corrected chi connectivity index (χ4v) is 5.48. The van der Waals surface area contributed by atoms with E-state index in [1.54, 1.807) is 17.5 Å². The first-order valence-electron chi connectivity index (χ1n) is 9.76. The van der Waals surface area contributed by atoms with E-state index in [-0.39, 0.29) is 5.37 Å². The molecule has 2 atom stereocenters. The van der Waals surface area contributed by atoms with Crippen LogP contribution in [0.1, 0.15) is 76.8 Å². The van der Waals surface area contributed by atoms with Gasteiger partial charge in [0, 0.05) is 5.71 Å². The highest BCUT2D eigenvalue weighted by molar-refractivity contribution is 8.00. The number of thioether (sulfide) groups is 1. The molecule has 25 heavy (non-hydrogen) atoms. The molecule has 0 saturated carbocycles. The van der Waals surface area contributed by atoms with E-state index < -0.39 is 0 Å². The highest BCUT2D eigenvalue weighted by Gasteiger charge is 2.44. The summed E-state index contributed by atoms with van der Waals surface area (Å²) in [4.78, 5) is 15.4. The number of ether oxygens (including phenoxy) is 1. The molecule has 3 heterocycles. The molecular formula is C20H27N3OS. The van der Waals surface area contributed by atoms with Crippen LogP contribution in [0.5, 0.6) is 5.88 Å². The minimum atomic E-state index is 0.240. The Morgan fingerprint density at radius 3 is 2.88 bits per heavy atom. The normalized spacial score (nSPS) is 24.0. The molecule has 0 spiro atoms. The summed E-state index contributed by atoms with van der Waals surface area (Å²) >= 11 is 1.82. The van der Waals surface area contributed by atoms with E-state index in [0.717, 1.165) is 42.3 Å². The van der Waals surface area contributed by atoms with Gasteiger partial charge >= 0.3 is 0 Å². The van der Waals surface area contributed by atoms with E-state index in [0.29, 0.717) is 5.92 Å². The number of aromatic nitrogens is 2. The minimum absolute atomic E-state index is 0.240. The molecule has 0 radical (unpaired) electrons. The van der Waals surface area contributed by atoms with E-state index in [1.807, 2.05) is 11.8 Å². The first-order valence-corrected chi connectivity index (χ1v) is 10.6. The highest BCUT2D eigenvalue weighted by atomic mass is 32.2. The van der Waals surface area contributed by atoms with Crippen molar-refractivity contribution in [1.29, 1.82) is 0 Å². The van der Waals surface area contributed by atoms with Crippen molar-refractivity contribution < 1.29 is 4.74 Å². The van der Waals surface area contributed by atoms with Crippen LogP contribution in [0, 0.1) is 0 Å². The molecule has 4 rings (SSSR count). The maximum absolute atomic E-state index is 5.96. The average Bonchev–Trinajstić information content (AvgIpc) is 3.24. The lowest BCUT2D eigenvalue weighted by molar-refractivity contribution is 0.289. The molecule has 0 fully saturated rings. The third-order valence-corrected chi connectivity index (χ3v) is 6.63. The van der Waals surface area contributed by atoms with Crippen LogP contribution < -0.4 is 4.74 Å². The molecule has 0 saturated heterocycles. The Hall–Kier alpha value is -1.36. The molecule has 0 N–H and O–H groups in total. The predicted molar refractivity (Wildman–Crippen MR) is 103 cm³/mol. The molecule has 0 bridgehead atoms. The van der Waals surface area contributed by atoms with E-state index in [2.05, 4.69) is 23.8 Å². The van der Waals surface area contributed by atoms with Crippen LogP contribution in [0.15, 0.2) is 27.4 Å². The Bertz CT molecular complexity index is 713. The molecule has 4 nitrogen and oxygen atoms in total. The van der Waals surface area contributed by atoms with Gasteiger partial charge in [-0.05, 0) is 44.1 Å². The number of unbranched alkanes of at least 4 members (excludes halogenated alkanes) is 2. The zero-order chi connectivity index (χ0) is 17.2. The molecule has 5 heteroatoms. The van der Waals surface area contributed by atoms with Crippen molar-refractivity contribution in [2.24, 2.45) is 4.99 Å². The van der Waals surface area contributed by atoms with Gasteiger partial charge in [0.1, 0.15) is 11.7 Å². The van der Waals surface area contributed by atoms with Crippen molar-refractivity contribution >= 4 is 17.5 Å². The molecule has 0 unspecified atom stereocenters. The number of hydrogen-bond donors (Lipinski definition) is 0. The second-order valence-electron chi connectivity index (χ2n) is 7.12. The van der Waals surface area contributed by atoms with Gasteiger partial charge in [0.05, 0.1) is 23.1 Å². The quantitative estimate of drug-likeness (QED) is 0.622.